The van der Waals surface area contributed by atoms with Crippen LogP contribution >= 0.6 is 11.8 Å². The van der Waals surface area contributed by atoms with E-state index in [4.69, 9.17) is 15.2 Å². The fraction of sp³-hybridized carbons (Fsp3) is 0.538. The number of nitrogens with two attached hydrogens (primary N) is 1. The summed E-state index contributed by atoms with van der Waals surface area (Å²) in [5.41, 5.74) is 7.33. The van der Waals surface area contributed by atoms with Crippen molar-refractivity contribution in [2.75, 3.05) is 24.7 Å². The molecule has 0 aliphatic carbocycles. The molecule has 1 aromatic rings. The molecule has 3 nitrogen and oxygen atoms in total. The normalized spacial score (nSPS) is 22.1. The van der Waals surface area contributed by atoms with Crippen LogP contribution in [0.5, 0.6) is 5.75 Å². The van der Waals surface area contributed by atoms with E-state index >= 15 is 0 Å². The summed E-state index contributed by atoms with van der Waals surface area (Å²) in [6.07, 6.45) is 0.0929. The predicted octanol–water partition coefficient (Wildman–Crippen LogP) is 2.22. The van der Waals surface area contributed by atoms with Crippen LogP contribution in [-0.2, 0) is 4.74 Å². The molecule has 0 bridgehead atoms. The Labute approximate surface area is 107 Å². The smallest absolute Gasteiger partial charge is 0.124 e. The van der Waals surface area contributed by atoms with Gasteiger partial charge in [-0.2, -0.15) is 11.8 Å². The Bertz CT molecular complexity index is 353. The molecular formula is C13H19NO2S. The van der Waals surface area contributed by atoms with Gasteiger partial charge in [0.1, 0.15) is 5.75 Å². The topological polar surface area (TPSA) is 44.5 Å². The highest BCUT2D eigenvalue weighted by Gasteiger charge is 2.25. The number of benzene rings is 1. The molecule has 4 heteroatoms. The molecule has 94 valence electrons. The van der Waals surface area contributed by atoms with E-state index in [1.165, 1.54) is 0 Å². The quantitative estimate of drug-likeness (QED) is 0.893. The van der Waals surface area contributed by atoms with E-state index in [1.807, 2.05) is 43.0 Å². The minimum atomic E-state index is -0.106. The summed E-state index contributed by atoms with van der Waals surface area (Å²) in [7, 11) is 0. The van der Waals surface area contributed by atoms with Crippen molar-refractivity contribution in [1.82, 2.24) is 0 Å². The first kappa shape index (κ1) is 12.7. The van der Waals surface area contributed by atoms with Gasteiger partial charge in [-0.05, 0) is 13.0 Å². The molecule has 2 rings (SSSR count). The van der Waals surface area contributed by atoms with Crippen LogP contribution in [0.1, 0.15) is 18.5 Å². The zero-order chi connectivity index (χ0) is 12.1. The molecule has 1 fully saturated rings. The predicted molar refractivity (Wildman–Crippen MR) is 71.6 cm³/mol. The lowest BCUT2D eigenvalue weighted by Gasteiger charge is -2.28. The molecule has 17 heavy (non-hydrogen) atoms. The first-order valence-electron chi connectivity index (χ1n) is 5.99. The molecule has 1 heterocycles. The van der Waals surface area contributed by atoms with Gasteiger partial charge < -0.3 is 15.2 Å². The fourth-order valence-electron chi connectivity index (χ4n) is 1.96. The number of hydrogen-bond donors (Lipinski definition) is 1. The van der Waals surface area contributed by atoms with Gasteiger partial charge in [0, 0.05) is 17.1 Å². The highest BCUT2D eigenvalue weighted by atomic mass is 32.2. The molecule has 1 aromatic carbocycles. The monoisotopic (exact) mass is 253 g/mol. The van der Waals surface area contributed by atoms with Crippen molar-refractivity contribution in [1.29, 1.82) is 0 Å². The number of ether oxygens (including phenoxy) is 2. The maximum absolute atomic E-state index is 6.28. The molecule has 1 aliphatic heterocycles. The summed E-state index contributed by atoms with van der Waals surface area (Å²) in [6.45, 7) is 3.43. The van der Waals surface area contributed by atoms with Crippen LogP contribution in [-0.4, -0.2) is 30.8 Å². The highest BCUT2D eigenvalue weighted by molar-refractivity contribution is 7.99. The van der Waals surface area contributed by atoms with Crippen molar-refractivity contribution in [3.05, 3.63) is 29.8 Å². The third kappa shape index (κ3) is 3.15. The van der Waals surface area contributed by atoms with Gasteiger partial charge in [0.15, 0.2) is 0 Å². The van der Waals surface area contributed by atoms with Crippen LogP contribution in [0.15, 0.2) is 24.3 Å². The SMILES string of the molecule is CCOc1ccccc1C(N)C1CSCCO1. The van der Waals surface area contributed by atoms with E-state index in [9.17, 15) is 0 Å². The van der Waals surface area contributed by atoms with Crippen LogP contribution in [0.4, 0.5) is 0 Å². The lowest BCUT2D eigenvalue weighted by Crippen LogP contribution is -2.34. The van der Waals surface area contributed by atoms with Crippen molar-refractivity contribution < 1.29 is 9.47 Å². The number of thioether (sulfide) groups is 1. The van der Waals surface area contributed by atoms with Crippen LogP contribution in [0, 0.1) is 0 Å². The van der Waals surface area contributed by atoms with E-state index in [1.54, 1.807) is 0 Å². The van der Waals surface area contributed by atoms with Gasteiger partial charge in [0.25, 0.3) is 0 Å². The van der Waals surface area contributed by atoms with Crippen LogP contribution in [0.2, 0.25) is 0 Å². The van der Waals surface area contributed by atoms with Gasteiger partial charge in [-0.3, -0.25) is 0 Å². The Hall–Kier alpha value is -0.710. The third-order valence-electron chi connectivity index (χ3n) is 2.82. The lowest BCUT2D eigenvalue weighted by atomic mass is 10.0. The zero-order valence-electron chi connectivity index (χ0n) is 10.1. The summed E-state index contributed by atoms with van der Waals surface area (Å²) >= 11 is 1.90. The molecule has 1 aliphatic rings. The fourth-order valence-corrected chi connectivity index (χ4v) is 2.87. The Kier molecular flexibility index (Phi) is 4.71. The summed E-state index contributed by atoms with van der Waals surface area (Å²) in [6, 6.07) is 7.85. The van der Waals surface area contributed by atoms with Crippen LogP contribution in [0.25, 0.3) is 0 Å². The Balaban J connectivity index is 2.14. The van der Waals surface area contributed by atoms with Gasteiger partial charge in [-0.15, -0.1) is 0 Å². The molecular weight excluding hydrogens is 234 g/mol. The molecule has 0 amide bonds. The van der Waals surface area contributed by atoms with Crippen molar-refractivity contribution in [2.24, 2.45) is 5.73 Å². The lowest BCUT2D eigenvalue weighted by molar-refractivity contribution is 0.0562. The maximum atomic E-state index is 6.28. The van der Waals surface area contributed by atoms with E-state index in [-0.39, 0.29) is 12.1 Å². The Morgan fingerprint density at radius 3 is 3.06 bits per heavy atom. The first-order chi connectivity index (χ1) is 8.33. The summed E-state index contributed by atoms with van der Waals surface area (Å²) in [5.74, 6) is 2.90. The molecule has 0 spiro atoms. The van der Waals surface area contributed by atoms with E-state index < -0.39 is 0 Å². The minimum absolute atomic E-state index is 0.0929. The Morgan fingerprint density at radius 1 is 1.53 bits per heavy atom. The highest BCUT2D eigenvalue weighted by Crippen LogP contribution is 2.29. The molecule has 0 saturated carbocycles. The summed E-state index contributed by atoms with van der Waals surface area (Å²) in [5, 5.41) is 0. The number of rotatable bonds is 4. The number of para-hydroxylation sites is 1. The third-order valence-corrected chi connectivity index (χ3v) is 3.84. The second-order valence-electron chi connectivity index (χ2n) is 3.98. The van der Waals surface area contributed by atoms with Crippen LogP contribution < -0.4 is 10.5 Å². The van der Waals surface area contributed by atoms with E-state index in [2.05, 4.69) is 0 Å². The zero-order valence-corrected chi connectivity index (χ0v) is 10.9. The van der Waals surface area contributed by atoms with Crippen molar-refractivity contribution in [3.63, 3.8) is 0 Å². The van der Waals surface area contributed by atoms with Gasteiger partial charge in [-0.1, -0.05) is 18.2 Å². The van der Waals surface area contributed by atoms with Gasteiger partial charge >= 0.3 is 0 Å². The molecule has 0 aromatic heterocycles. The standard InChI is InChI=1S/C13H19NO2S/c1-2-15-11-6-4-3-5-10(11)13(14)12-9-17-8-7-16-12/h3-6,12-13H,2,7-9,14H2,1H3. The van der Waals surface area contributed by atoms with Crippen molar-refractivity contribution in [2.45, 2.75) is 19.1 Å². The van der Waals surface area contributed by atoms with Gasteiger partial charge in [0.2, 0.25) is 0 Å². The van der Waals surface area contributed by atoms with Gasteiger partial charge in [-0.25, -0.2) is 0 Å². The average Bonchev–Trinajstić information content (AvgIpc) is 2.40. The maximum Gasteiger partial charge on any atom is 0.124 e. The largest absolute Gasteiger partial charge is 0.494 e. The Morgan fingerprint density at radius 2 is 2.35 bits per heavy atom. The number of hydrogen-bond acceptors (Lipinski definition) is 4. The second-order valence-corrected chi connectivity index (χ2v) is 5.13. The molecule has 2 atom stereocenters. The first-order valence-corrected chi connectivity index (χ1v) is 7.15. The summed E-state index contributed by atoms with van der Waals surface area (Å²) < 4.78 is 11.3. The van der Waals surface area contributed by atoms with E-state index in [0.29, 0.717) is 6.61 Å². The molecule has 1 saturated heterocycles. The average molecular weight is 253 g/mol. The molecule has 2 N–H and O–H groups in total. The van der Waals surface area contributed by atoms with Crippen molar-refractivity contribution in [3.8, 4) is 5.75 Å². The van der Waals surface area contributed by atoms with Crippen LogP contribution in [0.3, 0.4) is 0 Å². The van der Waals surface area contributed by atoms with Gasteiger partial charge in [0.05, 0.1) is 25.4 Å². The van der Waals surface area contributed by atoms with E-state index in [0.717, 1.165) is 29.4 Å². The minimum Gasteiger partial charge on any atom is -0.494 e. The summed E-state index contributed by atoms with van der Waals surface area (Å²) in [4.78, 5) is 0. The van der Waals surface area contributed by atoms with Crippen molar-refractivity contribution >= 4 is 11.8 Å². The molecule has 2 unspecified atom stereocenters. The molecule has 0 radical (unpaired) electrons. The second kappa shape index (κ2) is 6.28.